The van der Waals surface area contributed by atoms with Crippen molar-refractivity contribution >= 4 is 23.2 Å². The minimum absolute atomic E-state index is 0.00182. The summed E-state index contributed by atoms with van der Waals surface area (Å²) in [5.74, 6) is -2.31. The van der Waals surface area contributed by atoms with Crippen LogP contribution in [0.4, 0.5) is 4.39 Å². The molecule has 5 rings (SSSR count). The first kappa shape index (κ1) is 20.3. The summed E-state index contributed by atoms with van der Waals surface area (Å²) < 4.78 is 22.9. The zero-order valence-corrected chi connectivity index (χ0v) is 17.4. The van der Waals surface area contributed by atoms with Crippen molar-refractivity contribution in [3.05, 3.63) is 0 Å². The first-order chi connectivity index (χ1) is 13.4. The minimum Gasteiger partial charge on any atom is -0.390 e. The molecule has 29 heavy (non-hydrogen) atoms. The molecule has 0 aromatic rings. The highest BCUT2D eigenvalue weighted by Gasteiger charge is 2.85. The molecule has 0 bridgehead atoms. The van der Waals surface area contributed by atoms with Crippen molar-refractivity contribution in [1.29, 1.82) is 0 Å². The predicted octanol–water partition coefficient (Wildman–Crippen LogP) is 1.30. The van der Waals surface area contributed by atoms with E-state index < -0.39 is 69.5 Å². The third-order valence-corrected chi connectivity index (χ3v) is 10.0. The zero-order chi connectivity index (χ0) is 21.2. The maximum atomic E-state index is 17.1. The van der Waals surface area contributed by atoms with E-state index in [9.17, 15) is 24.9 Å². The van der Waals surface area contributed by atoms with Crippen LogP contribution in [0.5, 0.6) is 0 Å². The van der Waals surface area contributed by atoms with Gasteiger partial charge >= 0.3 is 0 Å². The van der Waals surface area contributed by atoms with Crippen LogP contribution < -0.4 is 0 Å². The second kappa shape index (κ2) is 5.60. The molecule has 0 radical (unpaired) electrons. The molecule has 162 valence electrons. The quantitative estimate of drug-likeness (QED) is 0.450. The summed E-state index contributed by atoms with van der Waals surface area (Å²) in [5.41, 5.74) is -7.24. The van der Waals surface area contributed by atoms with E-state index in [1.54, 1.807) is 13.8 Å². The molecule has 0 aromatic heterocycles. The molecule has 1 saturated heterocycles. The SMILES string of the molecule is C[C@]12CCC(=O)C3O[C@@]31CC[C@H]1[C@@H]3C[C@@H](O)[C@](O)(C(=O)CCl)[C@@]3(C)C[C@H](O)[C@@]12F. The van der Waals surface area contributed by atoms with Crippen LogP contribution in [-0.2, 0) is 14.3 Å². The third kappa shape index (κ3) is 1.90. The highest BCUT2D eigenvalue weighted by Crippen LogP contribution is 2.75. The van der Waals surface area contributed by atoms with Gasteiger partial charge in [0, 0.05) is 17.3 Å². The number of halogens is 2. The number of hydrogen-bond donors (Lipinski definition) is 3. The van der Waals surface area contributed by atoms with Gasteiger partial charge in [0.1, 0.15) is 17.4 Å². The fourth-order valence-electron chi connectivity index (χ4n) is 8.12. The number of ether oxygens (including phenoxy) is 1. The molecular formula is C21H28ClFO6. The number of fused-ring (bicyclic) bond motifs is 4. The van der Waals surface area contributed by atoms with Crippen molar-refractivity contribution in [1.82, 2.24) is 0 Å². The second-order valence-electron chi connectivity index (χ2n) is 10.4. The Hall–Kier alpha value is -0.600. The highest BCUT2D eigenvalue weighted by molar-refractivity contribution is 6.29. The molecule has 4 aliphatic carbocycles. The standard InChI is InChI=1S/C21H28ClFO6/c1-17-8-14(26)20(23)10(11(17)7-13(25)21(17,28)15(27)9-22)3-6-19-16(29-19)12(24)4-5-18(19,20)2/h10-11,13-14,16,25-26,28H,3-9H2,1-2H3/t10-,11-,13+,14-,16?,17-,18-,19-,20-,21-/m0/s1. The molecule has 10 atom stereocenters. The first-order valence-corrected chi connectivity index (χ1v) is 11.0. The number of Topliss-reactive ketones (excluding diaryl/α,β-unsaturated/α-hetero) is 2. The summed E-state index contributed by atoms with van der Waals surface area (Å²) in [4.78, 5) is 24.8. The van der Waals surface area contributed by atoms with Crippen molar-refractivity contribution in [2.45, 2.75) is 87.6 Å². The van der Waals surface area contributed by atoms with Gasteiger partial charge in [0.15, 0.2) is 17.2 Å². The second-order valence-corrected chi connectivity index (χ2v) is 10.7. The van der Waals surface area contributed by atoms with Crippen molar-refractivity contribution in [3.63, 3.8) is 0 Å². The van der Waals surface area contributed by atoms with Gasteiger partial charge in [-0.2, -0.15) is 0 Å². The van der Waals surface area contributed by atoms with Gasteiger partial charge < -0.3 is 20.1 Å². The van der Waals surface area contributed by atoms with E-state index in [1.807, 2.05) is 0 Å². The Labute approximate surface area is 173 Å². The van der Waals surface area contributed by atoms with E-state index in [0.29, 0.717) is 19.3 Å². The maximum Gasteiger partial charge on any atom is 0.182 e. The lowest BCUT2D eigenvalue weighted by Crippen LogP contribution is -2.73. The number of alkyl halides is 2. The van der Waals surface area contributed by atoms with Gasteiger partial charge in [-0.25, -0.2) is 4.39 Å². The Kier molecular flexibility index (Phi) is 3.92. The van der Waals surface area contributed by atoms with Crippen molar-refractivity contribution in [3.8, 4) is 0 Å². The highest BCUT2D eigenvalue weighted by atomic mass is 35.5. The topological polar surface area (TPSA) is 107 Å². The molecule has 4 saturated carbocycles. The van der Waals surface area contributed by atoms with E-state index in [2.05, 4.69) is 0 Å². The molecule has 0 amide bonds. The molecule has 1 unspecified atom stereocenters. The average molecular weight is 431 g/mol. The van der Waals surface area contributed by atoms with E-state index in [4.69, 9.17) is 16.3 Å². The molecule has 6 nitrogen and oxygen atoms in total. The Balaban J connectivity index is 1.61. The number of ketones is 2. The largest absolute Gasteiger partial charge is 0.390 e. The Morgan fingerprint density at radius 3 is 2.59 bits per heavy atom. The number of carbonyl (C=O) groups excluding carboxylic acids is 2. The molecule has 0 aromatic carbocycles. The number of carbonyl (C=O) groups is 2. The fraction of sp³-hybridized carbons (Fsp3) is 0.905. The molecule has 8 heteroatoms. The number of epoxide rings is 1. The van der Waals surface area contributed by atoms with Crippen LogP contribution in [0.1, 0.15) is 52.4 Å². The summed E-state index contributed by atoms with van der Waals surface area (Å²) in [7, 11) is 0. The van der Waals surface area contributed by atoms with Crippen LogP contribution in [0.25, 0.3) is 0 Å². The molecule has 5 aliphatic rings. The minimum atomic E-state index is -2.11. The lowest BCUT2D eigenvalue weighted by atomic mass is 9.41. The van der Waals surface area contributed by atoms with Gasteiger partial charge in [0.05, 0.1) is 18.1 Å². The predicted molar refractivity (Wildman–Crippen MR) is 100 cm³/mol. The van der Waals surface area contributed by atoms with E-state index in [0.717, 1.165) is 0 Å². The van der Waals surface area contributed by atoms with E-state index >= 15 is 4.39 Å². The monoisotopic (exact) mass is 430 g/mol. The van der Waals surface area contributed by atoms with Crippen LogP contribution in [-0.4, -0.2) is 67.9 Å². The van der Waals surface area contributed by atoms with Gasteiger partial charge in [-0.1, -0.05) is 13.8 Å². The van der Waals surface area contributed by atoms with E-state index in [-0.39, 0.29) is 25.0 Å². The van der Waals surface area contributed by atoms with Gasteiger partial charge in [-0.3, -0.25) is 9.59 Å². The lowest BCUT2D eigenvalue weighted by molar-refractivity contribution is -0.256. The molecule has 1 aliphatic heterocycles. The Morgan fingerprint density at radius 1 is 1.24 bits per heavy atom. The third-order valence-electron chi connectivity index (χ3n) is 9.79. The first-order valence-electron chi connectivity index (χ1n) is 10.5. The van der Waals surface area contributed by atoms with E-state index in [1.165, 1.54) is 0 Å². The average Bonchev–Trinajstić information content (AvgIpc) is 3.39. The van der Waals surface area contributed by atoms with Crippen molar-refractivity contribution in [2.75, 3.05) is 5.88 Å². The number of aliphatic hydroxyl groups is 3. The van der Waals surface area contributed by atoms with Gasteiger partial charge in [0.25, 0.3) is 0 Å². The molecule has 3 N–H and O–H groups in total. The molecule has 5 fully saturated rings. The summed E-state index contributed by atoms with van der Waals surface area (Å²) in [6.07, 6.45) is -2.13. The summed E-state index contributed by atoms with van der Waals surface area (Å²) >= 11 is 5.73. The Bertz CT molecular complexity index is 808. The van der Waals surface area contributed by atoms with Gasteiger partial charge in [0.2, 0.25) is 0 Å². The number of aliphatic hydroxyl groups excluding tert-OH is 2. The van der Waals surface area contributed by atoms with Crippen LogP contribution in [0.3, 0.4) is 0 Å². The van der Waals surface area contributed by atoms with Crippen molar-refractivity contribution < 1.29 is 34.0 Å². The summed E-state index contributed by atoms with van der Waals surface area (Å²) in [6, 6.07) is 0. The molecular weight excluding hydrogens is 403 g/mol. The van der Waals surface area contributed by atoms with Gasteiger partial charge in [-0.15, -0.1) is 11.6 Å². The number of hydrogen-bond acceptors (Lipinski definition) is 6. The summed E-state index contributed by atoms with van der Waals surface area (Å²) in [5, 5.41) is 33.2. The van der Waals surface area contributed by atoms with Gasteiger partial charge in [-0.05, 0) is 43.9 Å². The Morgan fingerprint density at radius 2 is 1.93 bits per heavy atom. The normalized spacial score (nSPS) is 60.7. The van der Waals surface area contributed by atoms with Crippen LogP contribution >= 0.6 is 11.6 Å². The molecule has 1 spiro atoms. The van der Waals surface area contributed by atoms with Crippen LogP contribution in [0, 0.1) is 22.7 Å². The maximum absolute atomic E-state index is 17.1. The smallest absolute Gasteiger partial charge is 0.182 e. The summed E-state index contributed by atoms with van der Waals surface area (Å²) in [6.45, 7) is 3.44. The lowest BCUT2D eigenvalue weighted by Gasteiger charge is -2.64. The fourth-order valence-corrected chi connectivity index (χ4v) is 8.33. The number of rotatable bonds is 2. The van der Waals surface area contributed by atoms with Crippen LogP contribution in [0.2, 0.25) is 0 Å². The molecule has 1 heterocycles. The zero-order valence-electron chi connectivity index (χ0n) is 16.7. The van der Waals surface area contributed by atoms with Crippen molar-refractivity contribution in [2.24, 2.45) is 22.7 Å². The van der Waals surface area contributed by atoms with Crippen LogP contribution in [0.15, 0.2) is 0 Å².